The van der Waals surface area contributed by atoms with Crippen LogP contribution in [0.15, 0.2) is 60.7 Å². The van der Waals surface area contributed by atoms with Crippen molar-refractivity contribution in [3.05, 3.63) is 71.8 Å². The van der Waals surface area contributed by atoms with E-state index in [0.717, 1.165) is 44.2 Å². The van der Waals surface area contributed by atoms with Crippen LogP contribution in [-0.4, -0.2) is 50.6 Å². The molecule has 164 valence electrons. The molecule has 0 radical (unpaired) electrons. The summed E-state index contributed by atoms with van der Waals surface area (Å²) >= 11 is 0. The second-order valence-electron chi connectivity index (χ2n) is 7.45. The number of piperidine rings is 1. The normalized spacial score (nSPS) is 14.9. The summed E-state index contributed by atoms with van der Waals surface area (Å²) in [7, 11) is 2.16. The Morgan fingerprint density at radius 1 is 1.07 bits per heavy atom. The molecule has 1 aliphatic heterocycles. The second kappa shape index (κ2) is 14.2. The number of benzene rings is 2. The number of aldehydes is 1. The maximum atomic E-state index is 12.4. The van der Waals surface area contributed by atoms with E-state index >= 15 is 0 Å². The minimum Gasteiger partial charge on any atom is -0.351 e. The average Bonchev–Trinajstić information content (AvgIpc) is 2.82. The Morgan fingerprint density at radius 2 is 1.60 bits per heavy atom. The molecular weight excluding hydrogens is 376 g/mol. The molecule has 5 nitrogen and oxygen atoms in total. The van der Waals surface area contributed by atoms with E-state index in [1.165, 1.54) is 5.56 Å². The van der Waals surface area contributed by atoms with Gasteiger partial charge in [0.2, 0.25) is 0 Å². The van der Waals surface area contributed by atoms with E-state index in [9.17, 15) is 9.59 Å². The Labute approximate surface area is 182 Å². The van der Waals surface area contributed by atoms with Gasteiger partial charge in [0.25, 0.3) is 5.91 Å². The topological polar surface area (TPSA) is 66.5 Å². The molecule has 5 heteroatoms. The molecular formula is C25H36N2O3. The standard InChI is InChI=1S/C20H24N2O.C4H8O.CH2O.H2/c1-22-14-12-20(13-15-22,18-10-6-3-7-11-18)16-21-19(23)17-8-4-2-5-9-17;1-2-3-4-5;1-2;/h2-11H,12-16H2,1H3,(H,21,23);4H,2-3H2,1H3;1H2;1H. The Kier molecular flexibility index (Phi) is 12.0. The van der Waals surface area contributed by atoms with E-state index in [1.807, 2.05) is 44.0 Å². The lowest BCUT2D eigenvalue weighted by Crippen LogP contribution is -2.48. The number of amides is 1. The summed E-state index contributed by atoms with van der Waals surface area (Å²) in [6.07, 6.45) is 4.76. The average molecular weight is 413 g/mol. The van der Waals surface area contributed by atoms with Gasteiger partial charge in [-0.2, -0.15) is 0 Å². The molecule has 0 aliphatic carbocycles. The zero-order chi connectivity index (χ0) is 22.2. The van der Waals surface area contributed by atoms with Crippen molar-refractivity contribution in [2.75, 3.05) is 26.7 Å². The second-order valence-corrected chi connectivity index (χ2v) is 7.45. The highest BCUT2D eigenvalue weighted by atomic mass is 16.1. The van der Waals surface area contributed by atoms with E-state index in [1.54, 1.807) is 0 Å². The third kappa shape index (κ3) is 7.91. The molecule has 1 amide bonds. The molecule has 0 spiro atoms. The molecule has 1 aliphatic rings. The molecule has 1 N–H and O–H groups in total. The zero-order valence-corrected chi connectivity index (χ0v) is 18.2. The van der Waals surface area contributed by atoms with Crippen molar-refractivity contribution >= 4 is 19.0 Å². The third-order valence-corrected chi connectivity index (χ3v) is 5.36. The van der Waals surface area contributed by atoms with Crippen LogP contribution in [0.3, 0.4) is 0 Å². The van der Waals surface area contributed by atoms with Gasteiger partial charge in [0.1, 0.15) is 13.1 Å². The van der Waals surface area contributed by atoms with Crippen molar-refractivity contribution in [2.45, 2.75) is 38.0 Å². The van der Waals surface area contributed by atoms with Crippen LogP contribution in [0.1, 0.15) is 50.0 Å². The fraction of sp³-hybridized carbons (Fsp3) is 0.400. The quantitative estimate of drug-likeness (QED) is 0.725. The molecule has 1 saturated heterocycles. The molecule has 0 bridgehead atoms. The Bertz CT molecular complexity index is 733. The summed E-state index contributed by atoms with van der Waals surface area (Å²) < 4.78 is 0. The molecule has 0 aromatic heterocycles. The molecule has 0 atom stereocenters. The van der Waals surface area contributed by atoms with Crippen LogP contribution in [0.25, 0.3) is 0 Å². The number of unbranched alkanes of at least 4 members (excludes halogenated alkanes) is 1. The first kappa shape index (κ1) is 25.2. The summed E-state index contributed by atoms with van der Waals surface area (Å²) in [4.78, 5) is 32.2. The van der Waals surface area contributed by atoms with Crippen molar-refractivity contribution in [1.82, 2.24) is 10.2 Å². The third-order valence-electron chi connectivity index (χ3n) is 5.36. The number of nitrogens with one attached hydrogen (secondary N) is 1. The number of nitrogens with zero attached hydrogens (tertiary/aromatic N) is 1. The van der Waals surface area contributed by atoms with E-state index in [0.29, 0.717) is 13.0 Å². The van der Waals surface area contributed by atoms with Crippen LogP contribution < -0.4 is 5.32 Å². The fourth-order valence-corrected chi connectivity index (χ4v) is 3.46. The summed E-state index contributed by atoms with van der Waals surface area (Å²) in [5, 5.41) is 3.17. The lowest BCUT2D eigenvalue weighted by atomic mass is 9.72. The monoisotopic (exact) mass is 412 g/mol. The first-order valence-electron chi connectivity index (χ1n) is 10.4. The van der Waals surface area contributed by atoms with Gasteiger partial charge in [-0.05, 0) is 57.1 Å². The Hall–Kier alpha value is -2.79. The lowest BCUT2D eigenvalue weighted by Gasteiger charge is -2.41. The smallest absolute Gasteiger partial charge is 0.251 e. The molecule has 1 fully saturated rings. The maximum Gasteiger partial charge on any atom is 0.251 e. The van der Waals surface area contributed by atoms with Gasteiger partial charge in [0.05, 0.1) is 0 Å². The van der Waals surface area contributed by atoms with Crippen molar-refractivity contribution in [3.8, 4) is 0 Å². The molecule has 3 rings (SSSR count). The summed E-state index contributed by atoms with van der Waals surface area (Å²) in [6.45, 7) is 6.80. The van der Waals surface area contributed by atoms with E-state index in [4.69, 9.17) is 4.79 Å². The number of carbonyl (C=O) groups is 3. The van der Waals surface area contributed by atoms with Gasteiger partial charge < -0.3 is 19.8 Å². The predicted molar refractivity (Wildman–Crippen MR) is 124 cm³/mol. The van der Waals surface area contributed by atoms with Gasteiger partial charge in [0, 0.05) is 25.4 Å². The summed E-state index contributed by atoms with van der Waals surface area (Å²) in [6, 6.07) is 20.1. The highest BCUT2D eigenvalue weighted by molar-refractivity contribution is 5.94. The Morgan fingerprint density at radius 3 is 2.07 bits per heavy atom. The van der Waals surface area contributed by atoms with Gasteiger partial charge >= 0.3 is 0 Å². The van der Waals surface area contributed by atoms with E-state index < -0.39 is 0 Å². The molecule has 2 aromatic carbocycles. The van der Waals surface area contributed by atoms with Gasteiger partial charge in [-0.1, -0.05) is 55.5 Å². The SMILES string of the molecule is C=O.CCCC=O.CN1CCC(CNC(=O)c2ccccc2)(c2ccccc2)CC1.[HH]. The van der Waals surface area contributed by atoms with Gasteiger partial charge in [0.15, 0.2) is 0 Å². The number of hydrogen-bond donors (Lipinski definition) is 1. The number of carbonyl (C=O) groups excluding carboxylic acids is 3. The van der Waals surface area contributed by atoms with Crippen LogP contribution in [0.4, 0.5) is 0 Å². The van der Waals surface area contributed by atoms with Crippen LogP contribution >= 0.6 is 0 Å². The number of hydrogen-bond acceptors (Lipinski definition) is 4. The lowest BCUT2D eigenvalue weighted by molar-refractivity contribution is -0.107. The van der Waals surface area contributed by atoms with Crippen LogP contribution in [0.2, 0.25) is 0 Å². The highest BCUT2D eigenvalue weighted by Gasteiger charge is 2.35. The van der Waals surface area contributed by atoms with E-state index in [-0.39, 0.29) is 12.7 Å². The number of likely N-dealkylation sites (tertiary alicyclic amines) is 1. The highest BCUT2D eigenvalue weighted by Crippen LogP contribution is 2.34. The van der Waals surface area contributed by atoms with Crippen LogP contribution in [0, 0.1) is 0 Å². The minimum atomic E-state index is 0. The van der Waals surface area contributed by atoms with Crippen LogP contribution in [-0.2, 0) is 15.0 Å². The molecule has 2 aromatic rings. The molecule has 1 heterocycles. The summed E-state index contributed by atoms with van der Waals surface area (Å²) in [5.74, 6) is 0.0137. The van der Waals surface area contributed by atoms with Crippen molar-refractivity contribution in [1.29, 1.82) is 0 Å². The number of rotatable bonds is 6. The molecule has 0 saturated carbocycles. The predicted octanol–water partition coefficient (Wildman–Crippen LogP) is 4.13. The van der Waals surface area contributed by atoms with E-state index in [2.05, 4.69) is 47.6 Å². The first-order valence-corrected chi connectivity index (χ1v) is 10.4. The minimum absolute atomic E-state index is 0. The van der Waals surface area contributed by atoms with Gasteiger partial charge in [-0.15, -0.1) is 0 Å². The molecule has 0 unspecified atom stereocenters. The largest absolute Gasteiger partial charge is 0.351 e. The maximum absolute atomic E-state index is 12.4. The first-order chi connectivity index (χ1) is 14.6. The zero-order valence-electron chi connectivity index (χ0n) is 18.2. The Balaban J connectivity index is 0.000000994. The van der Waals surface area contributed by atoms with Crippen molar-refractivity contribution < 1.29 is 15.8 Å². The van der Waals surface area contributed by atoms with Gasteiger partial charge in [-0.25, -0.2) is 0 Å². The van der Waals surface area contributed by atoms with Crippen LogP contribution in [0.5, 0.6) is 0 Å². The van der Waals surface area contributed by atoms with Gasteiger partial charge in [-0.3, -0.25) is 4.79 Å². The molecule has 30 heavy (non-hydrogen) atoms. The van der Waals surface area contributed by atoms with Crippen molar-refractivity contribution in [2.24, 2.45) is 0 Å². The summed E-state index contributed by atoms with van der Waals surface area (Å²) in [5.41, 5.74) is 2.10. The van der Waals surface area contributed by atoms with Crippen molar-refractivity contribution in [3.63, 3.8) is 0 Å². The fourth-order valence-electron chi connectivity index (χ4n) is 3.46.